The summed E-state index contributed by atoms with van der Waals surface area (Å²) in [5.74, 6) is -0.939. The largest absolute Gasteiger partial charge is 0.447 e. The number of allylic oxidation sites excluding steroid dienone is 4. The maximum Gasteiger partial charge on any atom is 0.339 e. The summed E-state index contributed by atoms with van der Waals surface area (Å²) >= 11 is 0. The zero-order valence-electron chi connectivity index (χ0n) is 20.6. The first-order valence-electron chi connectivity index (χ1n) is 12.6. The van der Waals surface area contributed by atoms with Crippen molar-refractivity contribution in [3.05, 3.63) is 59.7 Å². The number of carbonyl (C=O) groups is 3. The smallest absolute Gasteiger partial charge is 0.339 e. The molecule has 0 radical (unpaired) electrons. The summed E-state index contributed by atoms with van der Waals surface area (Å²) < 4.78 is 6.08. The van der Waals surface area contributed by atoms with Crippen LogP contribution in [0, 0.1) is 34.5 Å². The predicted molar refractivity (Wildman–Crippen MR) is 129 cm³/mol. The van der Waals surface area contributed by atoms with Crippen LogP contribution in [-0.2, 0) is 14.3 Å². The molecule has 6 nitrogen and oxygen atoms in total. The van der Waals surface area contributed by atoms with E-state index in [1.807, 2.05) is 13.0 Å². The van der Waals surface area contributed by atoms with Crippen molar-refractivity contribution in [3.8, 4) is 0 Å². The van der Waals surface area contributed by atoms with Crippen molar-refractivity contribution in [2.75, 3.05) is 6.61 Å². The fourth-order valence-corrected chi connectivity index (χ4v) is 8.34. The standard InChI is InChI=1S/C29H34O6/c1-17-13-20-21-10-12-29(24(33)16-30,35-26(34)18-7-5-4-6-8-18)28(21,3)15-23(32)25(20)27(2)11-9-19(31)14-22(17)27/h4-9,11,14,17,20-21,23,25,30,32H,10,12-13,15-16H2,1-3H3/t17?,20-,21-,23?,25+,27-,28-,29-/m0/s1. The predicted octanol–water partition coefficient (Wildman–Crippen LogP) is 3.67. The van der Waals surface area contributed by atoms with Crippen LogP contribution in [0.4, 0.5) is 0 Å². The molecule has 0 bridgehead atoms. The number of rotatable bonds is 4. The van der Waals surface area contributed by atoms with Gasteiger partial charge in [0.05, 0.1) is 11.7 Å². The number of esters is 1. The molecule has 186 valence electrons. The second-order valence-corrected chi connectivity index (χ2v) is 11.4. The van der Waals surface area contributed by atoms with E-state index in [1.165, 1.54) is 0 Å². The summed E-state index contributed by atoms with van der Waals surface area (Å²) in [6, 6.07) is 8.57. The zero-order chi connectivity index (χ0) is 25.2. The van der Waals surface area contributed by atoms with Gasteiger partial charge in [-0.3, -0.25) is 9.59 Å². The summed E-state index contributed by atoms with van der Waals surface area (Å²) in [6.45, 7) is 5.47. The summed E-state index contributed by atoms with van der Waals surface area (Å²) in [7, 11) is 0. The monoisotopic (exact) mass is 478 g/mol. The SMILES string of the molecule is CC1C[C@@H]2[C@H](C(O)C[C@@]3(C)[C@H]2CC[C@]3(OC(=O)c2ccccc2)C(=O)CO)[C@@]2(C)C=CC(=O)C=C12. The minimum absolute atomic E-state index is 0.0147. The third kappa shape index (κ3) is 3.33. The van der Waals surface area contributed by atoms with Gasteiger partial charge in [0.25, 0.3) is 0 Å². The molecule has 8 atom stereocenters. The zero-order valence-corrected chi connectivity index (χ0v) is 20.6. The van der Waals surface area contributed by atoms with E-state index >= 15 is 0 Å². The highest BCUT2D eigenvalue weighted by atomic mass is 16.6. The number of ether oxygens (including phenoxy) is 1. The number of ketones is 2. The van der Waals surface area contributed by atoms with Crippen molar-refractivity contribution < 1.29 is 29.3 Å². The van der Waals surface area contributed by atoms with Crippen molar-refractivity contribution >= 4 is 17.5 Å². The average molecular weight is 479 g/mol. The lowest BCUT2D eigenvalue weighted by molar-refractivity contribution is -0.181. The number of aliphatic hydroxyl groups is 2. The first kappa shape index (κ1) is 24.1. The molecule has 0 heterocycles. The molecule has 1 aromatic rings. The van der Waals surface area contributed by atoms with Gasteiger partial charge in [-0.25, -0.2) is 4.79 Å². The second-order valence-electron chi connectivity index (χ2n) is 11.4. The Hall–Kier alpha value is -2.57. The molecule has 0 saturated heterocycles. The van der Waals surface area contributed by atoms with E-state index in [0.29, 0.717) is 18.4 Å². The summed E-state index contributed by atoms with van der Waals surface area (Å²) in [5, 5.41) is 21.6. The highest BCUT2D eigenvalue weighted by Crippen LogP contribution is 2.68. The van der Waals surface area contributed by atoms with Gasteiger partial charge < -0.3 is 14.9 Å². The topological polar surface area (TPSA) is 101 Å². The van der Waals surface area contributed by atoms with Crippen molar-refractivity contribution in [1.82, 2.24) is 0 Å². The maximum atomic E-state index is 13.4. The molecule has 5 rings (SSSR count). The molecular weight excluding hydrogens is 444 g/mol. The van der Waals surface area contributed by atoms with E-state index in [1.54, 1.807) is 42.5 Å². The Morgan fingerprint density at radius 3 is 2.57 bits per heavy atom. The van der Waals surface area contributed by atoms with E-state index in [-0.39, 0.29) is 35.9 Å². The van der Waals surface area contributed by atoms with Crippen LogP contribution in [-0.4, -0.2) is 46.1 Å². The van der Waals surface area contributed by atoms with Gasteiger partial charge in [0.15, 0.2) is 11.4 Å². The Balaban J connectivity index is 1.55. The third-order valence-corrected chi connectivity index (χ3v) is 9.81. The van der Waals surface area contributed by atoms with E-state index in [0.717, 1.165) is 12.0 Å². The molecule has 4 aliphatic rings. The normalized spacial score (nSPS) is 41.9. The number of carbonyl (C=O) groups excluding carboxylic acids is 3. The van der Waals surface area contributed by atoms with Gasteiger partial charge in [-0.2, -0.15) is 0 Å². The molecular formula is C29H34O6. The highest BCUT2D eigenvalue weighted by molar-refractivity contribution is 6.01. The van der Waals surface area contributed by atoms with Crippen molar-refractivity contribution in [2.45, 2.75) is 58.2 Å². The van der Waals surface area contributed by atoms with E-state index in [9.17, 15) is 24.6 Å². The minimum atomic E-state index is -1.50. The number of benzene rings is 1. The van der Waals surface area contributed by atoms with Crippen LogP contribution >= 0.6 is 0 Å². The molecule has 0 aromatic heterocycles. The number of Topliss-reactive ketones (excluding diaryl/α,β-unsaturated/α-hetero) is 1. The molecule has 3 fully saturated rings. The molecule has 35 heavy (non-hydrogen) atoms. The van der Waals surface area contributed by atoms with E-state index in [4.69, 9.17) is 4.74 Å². The number of hydrogen-bond donors (Lipinski definition) is 2. The third-order valence-electron chi connectivity index (χ3n) is 9.81. The van der Waals surface area contributed by atoms with Crippen LogP contribution in [0.15, 0.2) is 54.1 Å². The van der Waals surface area contributed by atoms with Crippen LogP contribution in [0.2, 0.25) is 0 Å². The summed E-state index contributed by atoms with van der Waals surface area (Å²) in [4.78, 5) is 38.7. The lowest BCUT2D eigenvalue weighted by Crippen LogP contribution is -2.63. The quantitative estimate of drug-likeness (QED) is 0.641. The Morgan fingerprint density at radius 2 is 1.89 bits per heavy atom. The molecule has 1 aromatic carbocycles. The molecule has 0 aliphatic heterocycles. The Morgan fingerprint density at radius 1 is 1.17 bits per heavy atom. The van der Waals surface area contributed by atoms with E-state index < -0.39 is 40.9 Å². The molecule has 4 aliphatic carbocycles. The van der Waals surface area contributed by atoms with Gasteiger partial charge in [0.1, 0.15) is 6.61 Å². The number of hydrogen-bond acceptors (Lipinski definition) is 6. The molecule has 0 amide bonds. The van der Waals surface area contributed by atoms with Gasteiger partial charge in [0.2, 0.25) is 5.78 Å². The summed E-state index contributed by atoms with van der Waals surface area (Å²) in [5.41, 5.74) is -1.33. The summed E-state index contributed by atoms with van der Waals surface area (Å²) in [6.07, 6.45) is 6.62. The lowest BCUT2D eigenvalue weighted by atomic mass is 9.44. The van der Waals surface area contributed by atoms with Crippen LogP contribution in [0.5, 0.6) is 0 Å². The second kappa shape index (κ2) is 8.24. The van der Waals surface area contributed by atoms with Crippen molar-refractivity contribution in [1.29, 1.82) is 0 Å². The van der Waals surface area contributed by atoms with Crippen molar-refractivity contribution in [2.24, 2.45) is 34.5 Å². The van der Waals surface area contributed by atoms with Gasteiger partial charge in [-0.1, -0.05) is 50.6 Å². The fourth-order valence-electron chi connectivity index (χ4n) is 8.34. The fraction of sp³-hybridized carbons (Fsp3) is 0.552. The molecule has 2 unspecified atom stereocenters. The first-order valence-corrected chi connectivity index (χ1v) is 12.6. The van der Waals surface area contributed by atoms with Gasteiger partial charge in [-0.15, -0.1) is 0 Å². The average Bonchev–Trinajstić information content (AvgIpc) is 3.12. The highest BCUT2D eigenvalue weighted by Gasteiger charge is 2.70. The van der Waals surface area contributed by atoms with Gasteiger partial charge in [0, 0.05) is 16.7 Å². The Kier molecular flexibility index (Phi) is 5.68. The Bertz CT molecular complexity index is 1120. The number of aliphatic hydroxyl groups excluding tert-OH is 2. The molecule has 2 N–H and O–H groups in total. The number of fused-ring (bicyclic) bond motifs is 5. The van der Waals surface area contributed by atoms with Gasteiger partial charge >= 0.3 is 5.97 Å². The van der Waals surface area contributed by atoms with Crippen molar-refractivity contribution in [3.63, 3.8) is 0 Å². The molecule has 6 heteroatoms. The minimum Gasteiger partial charge on any atom is -0.447 e. The Labute approximate surface area is 206 Å². The van der Waals surface area contributed by atoms with Gasteiger partial charge in [-0.05, 0) is 67.7 Å². The van der Waals surface area contributed by atoms with Crippen LogP contribution in [0.1, 0.15) is 56.8 Å². The lowest BCUT2D eigenvalue weighted by Gasteiger charge is -2.61. The molecule has 3 saturated carbocycles. The van der Waals surface area contributed by atoms with Crippen LogP contribution in [0.25, 0.3) is 0 Å². The van der Waals surface area contributed by atoms with Crippen LogP contribution < -0.4 is 0 Å². The molecule has 0 spiro atoms. The van der Waals surface area contributed by atoms with Crippen LogP contribution in [0.3, 0.4) is 0 Å². The maximum absolute atomic E-state index is 13.4. The first-order chi connectivity index (χ1) is 16.6. The van der Waals surface area contributed by atoms with E-state index in [2.05, 4.69) is 13.8 Å².